The second kappa shape index (κ2) is 8.14. The van der Waals surface area contributed by atoms with Crippen molar-refractivity contribution in [2.45, 2.75) is 19.1 Å². The minimum atomic E-state index is -4.49. The fourth-order valence-electron chi connectivity index (χ4n) is 3.57. The lowest BCUT2D eigenvalue weighted by Gasteiger charge is -2.20. The average molecular weight is 443 g/mol. The van der Waals surface area contributed by atoms with Crippen molar-refractivity contribution >= 4 is 28.8 Å². The maximum atomic E-state index is 13.4. The van der Waals surface area contributed by atoms with Gasteiger partial charge in [-0.3, -0.25) is 4.90 Å². The van der Waals surface area contributed by atoms with Crippen LogP contribution in [0.25, 0.3) is 16.9 Å². The summed E-state index contributed by atoms with van der Waals surface area (Å²) in [6.07, 6.45) is -2.44. The maximum absolute atomic E-state index is 13.4. The predicted octanol–water partition coefficient (Wildman–Crippen LogP) is 5.12. The number of halogens is 5. The van der Waals surface area contributed by atoms with Gasteiger partial charge in [-0.25, -0.2) is 4.98 Å². The van der Waals surface area contributed by atoms with E-state index in [0.29, 0.717) is 28.6 Å². The summed E-state index contributed by atoms with van der Waals surface area (Å²) < 4.78 is 41.6. The molecular formula is C20H19Cl2F3N4. The number of pyridine rings is 1. The van der Waals surface area contributed by atoms with Gasteiger partial charge in [0.1, 0.15) is 0 Å². The van der Waals surface area contributed by atoms with Gasteiger partial charge in [-0.05, 0) is 37.7 Å². The van der Waals surface area contributed by atoms with Crippen LogP contribution in [0.5, 0.6) is 0 Å². The molecule has 9 heteroatoms. The van der Waals surface area contributed by atoms with E-state index >= 15 is 0 Å². The molecule has 0 atom stereocenters. The van der Waals surface area contributed by atoms with Crippen molar-refractivity contribution in [1.29, 1.82) is 0 Å². The van der Waals surface area contributed by atoms with E-state index in [1.54, 1.807) is 12.1 Å². The fraction of sp³-hybridized carbons (Fsp3) is 0.350. The molecule has 1 aliphatic heterocycles. The summed E-state index contributed by atoms with van der Waals surface area (Å²) in [4.78, 5) is 6.82. The molecule has 4 rings (SSSR count). The SMILES string of the molecule is FC(F)(F)c1cc(Cl)c2nc(-c3ccc(Cl)cc3)c(CN3CCCNCC3)n2c1. The summed E-state index contributed by atoms with van der Waals surface area (Å²) in [5.41, 5.74) is 1.59. The number of benzene rings is 1. The molecule has 1 aliphatic rings. The molecule has 1 fully saturated rings. The van der Waals surface area contributed by atoms with Gasteiger partial charge in [0, 0.05) is 36.4 Å². The highest BCUT2D eigenvalue weighted by Gasteiger charge is 2.32. The van der Waals surface area contributed by atoms with Gasteiger partial charge in [-0.1, -0.05) is 35.3 Å². The Bertz CT molecular complexity index is 1010. The number of imidazole rings is 1. The quantitative estimate of drug-likeness (QED) is 0.610. The third-order valence-electron chi connectivity index (χ3n) is 5.03. The molecule has 0 radical (unpaired) electrons. The van der Waals surface area contributed by atoms with Crippen molar-refractivity contribution in [3.05, 3.63) is 57.8 Å². The molecule has 0 amide bonds. The first-order valence-corrected chi connectivity index (χ1v) is 10.1. The van der Waals surface area contributed by atoms with Crippen molar-refractivity contribution in [3.63, 3.8) is 0 Å². The first-order chi connectivity index (χ1) is 13.8. The molecule has 2 aromatic heterocycles. The van der Waals surface area contributed by atoms with Gasteiger partial charge >= 0.3 is 6.18 Å². The molecule has 1 N–H and O–H groups in total. The molecular weight excluding hydrogens is 424 g/mol. The summed E-state index contributed by atoms with van der Waals surface area (Å²) in [7, 11) is 0. The third-order valence-corrected chi connectivity index (χ3v) is 5.56. The van der Waals surface area contributed by atoms with Crippen LogP contribution in [0, 0.1) is 0 Å². The molecule has 1 aromatic carbocycles. The van der Waals surface area contributed by atoms with Gasteiger partial charge in [-0.15, -0.1) is 0 Å². The predicted molar refractivity (Wildman–Crippen MR) is 108 cm³/mol. The molecule has 154 valence electrons. The molecule has 3 aromatic rings. The highest BCUT2D eigenvalue weighted by atomic mass is 35.5. The Morgan fingerprint density at radius 1 is 1.07 bits per heavy atom. The fourth-order valence-corrected chi connectivity index (χ4v) is 3.94. The first kappa shape index (κ1) is 20.5. The highest BCUT2D eigenvalue weighted by molar-refractivity contribution is 6.33. The Morgan fingerprint density at radius 2 is 1.83 bits per heavy atom. The number of hydrogen-bond donors (Lipinski definition) is 1. The lowest BCUT2D eigenvalue weighted by molar-refractivity contribution is -0.137. The lowest BCUT2D eigenvalue weighted by Crippen LogP contribution is -2.28. The van der Waals surface area contributed by atoms with Crippen LogP contribution in [-0.4, -0.2) is 40.5 Å². The van der Waals surface area contributed by atoms with Gasteiger partial charge in [-0.2, -0.15) is 13.2 Å². The molecule has 0 unspecified atom stereocenters. The molecule has 0 bridgehead atoms. The largest absolute Gasteiger partial charge is 0.417 e. The molecule has 4 nitrogen and oxygen atoms in total. The molecule has 0 spiro atoms. The second-order valence-electron chi connectivity index (χ2n) is 7.06. The Balaban J connectivity index is 1.88. The van der Waals surface area contributed by atoms with E-state index < -0.39 is 11.7 Å². The molecule has 3 heterocycles. The topological polar surface area (TPSA) is 32.6 Å². The number of fused-ring (bicyclic) bond motifs is 1. The lowest BCUT2D eigenvalue weighted by atomic mass is 10.1. The van der Waals surface area contributed by atoms with Crippen LogP contribution >= 0.6 is 23.2 Å². The Hall–Kier alpha value is -1.80. The van der Waals surface area contributed by atoms with Crippen LogP contribution in [0.1, 0.15) is 17.7 Å². The van der Waals surface area contributed by atoms with E-state index in [-0.39, 0.29) is 5.02 Å². The Morgan fingerprint density at radius 3 is 2.55 bits per heavy atom. The van der Waals surface area contributed by atoms with Crippen molar-refractivity contribution in [1.82, 2.24) is 19.6 Å². The minimum Gasteiger partial charge on any atom is -0.315 e. The molecule has 0 saturated carbocycles. The van der Waals surface area contributed by atoms with Gasteiger partial charge in [0.25, 0.3) is 0 Å². The minimum absolute atomic E-state index is 0.0289. The summed E-state index contributed by atoms with van der Waals surface area (Å²) in [6, 6.07) is 8.04. The molecule has 1 saturated heterocycles. The van der Waals surface area contributed by atoms with Crippen LogP contribution < -0.4 is 5.32 Å². The number of rotatable bonds is 3. The smallest absolute Gasteiger partial charge is 0.315 e. The van der Waals surface area contributed by atoms with Crippen LogP contribution in [0.2, 0.25) is 10.0 Å². The number of nitrogens with one attached hydrogen (secondary N) is 1. The van der Waals surface area contributed by atoms with Gasteiger partial charge in [0.15, 0.2) is 5.65 Å². The van der Waals surface area contributed by atoms with Crippen molar-refractivity contribution in [3.8, 4) is 11.3 Å². The van der Waals surface area contributed by atoms with E-state index in [0.717, 1.165) is 50.4 Å². The zero-order valence-corrected chi connectivity index (χ0v) is 17.0. The zero-order chi connectivity index (χ0) is 20.6. The normalized spacial score (nSPS) is 16.3. The van der Waals surface area contributed by atoms with E-state index in [1.807, 2.05) is 12.1 Å². The Kier molecular flexibility index (Phi) is 5.75. The zero-order valence-electron chi connectivity index (χ0n) is 15.4. The summed E-state index contributed by atoms with van der Waals surface area (Å²) in [5, 5.41) is 3.89. The third kappa shape index (κ3) is 4.38. The highest BCUT2D eigenvalue weighted by Crippen LogP contribution is 2.35. The van der Waals surface area contributed by atoms with Crippen molar-refractivity contribution in [2.24, 2.45) is 0 Å². The number of aromatic nitrogens is 2. The van der Waals surface area contributed by atoms with Crippen LogP contribution in [-0.2, 0) is 12.7 Å². The number of nitrogens with zero attached hydrogens (tertiary/aromatic N) is 3. The Labute approximate surface area is 176 Å². The van der Waals surface area contributed by atoms with E-state index in [1.165, 1.54) is 4.40 Å². The van der Waals surface area contributed by atoms with Crippen molar-refractivity contribution < 1.29 is 13.2 Å². The van der Waals surface area contributed by atoms with E-state index in [2.05, 4.69) is 15.2 Å². The van der Waals surface area contributed by atoms with Gasteiger partial charge in [0.05, 0.1) is 22.0 Å². The van der Waals surface area contributed by atoms with Crippen molar-refractivity contribution in [2.75, 3.05) is 26.2 Å². The first-order valence-electron chi connectivity index (χ1n) is 9.29. The second-order valence-corrected chi connectivity index (χ2v) is 7.91. The molecule has 0 aliphatic carbocycles. The standard InChI is InChI=1S/C20H19Cl2F3N4/c21-15-4-2-13(3-5-15)18-17(12-28-8-1-6-26-7-9-28)29-11-14(20(23,24)25)10-16(22)19(29)27-18/h2-5,10-11,26H,1,6-9,12H2. The summed E-state index contributed by atoms with van der Waals surface area (Å²) >= 11 is 12.2. The molecule has 29 heavy (non-hydrogen) atoms. The monoisotopic (exact) mass is 442 g/mol. The van der Waals surface area contributed by atoms with Crippen LogP contribution in [0.4, 0.5) is 13.2 Å². The number of hydrogen-bond acceptors (Lipinski definition) is 3. The van der Waals surface area contributed by atoms with Gasteiger partial charge in [0.2, 0.25) is 0 Å². The van der Waals surface area contributed by atoms with Gasteiger partial charge < -0.3 is 9.72 Å². The summed E-state index contributed by atoms with van der Waals surface area (Å²) in [6.45, 7) is 3.89. The van der Waals surface area contributed by atoms with E-state index in [9.17, 15) is 13.2 Å². The number of alkyl halides is 3. The van der Waals surface area contributed by atoms with Crippen LogP contribution in [0.15, 0.2) is 36.5 Å². The van der Waals surface area contributed by atoms with Crippen LogP contribution in [0.3, 0.4) is 0 Å². The summed E-state index contributed by atoms with van der Waals surface area (Å²) in [5.74, 6) is 0. The average Bonchev–Trinajstić information content (AvgIpc) is 2.84. The maximum Gasteiger partial charge on any atom is 0.417 e. The van der Waals surface area contributed by atoms with E-state index in [4.69, 9.17) is 23.2 Å².